The molecule has 0 aromatic heterocycles. The molecule has 216 valence electrons. The lowest BCUT2D eigenvalue weighted by molar-refractivity contribution is 0.00573. The number of fused-ring (bicyclic) bond motifs is 18. The molecule has 0 unspecified atom stereocenters. The van der Waals surface area contributed by atoms with E-state index >= 15 is 0 Å². The van der Waals surface area contributed by atoms with Crippen LogP contribution < -0.4 is 9.47 Å². The third-order valence-electron chi connectivity index (χ3n) is 7.28. The van der Waals surface area contributed by atoms with Gasteiger partial charge in [0.1, 0.15) is 24.7 Å². The third kappa shape index (κ3) is 7.25. The van der Waals surface area contributed by atoms with Crippen LogP contribution in [0.15, 0.2) is 36.4 Å². The van der Waals surface area contributed by atoms with E-state index in [0.717, 1.165) is 0 Å². The monoisotopic (exact) mass is 554 g/mol. The van der Waals surface area contributed by atoms with Gasteiger partial charge in [-0.2, -0.15) is 0 Å². The maximum absolute atomic E-state index is 13.9. The van der Waals surface area contributed by atoms with Crippen molar-refractivity contribution >= 4 is 11.6 Å². The van der Waals surface area contributed by atoms with Crippen LogP contribution in [-0.2, 0) is 18.9 Å². The van der Waals surface area contributed by atoms with Crippen LogP contribution in [0.1, 0.15) is 31.8 Å². The van der Waals surface area contributed by atoms with Crippen LogP contribution in [0.2, 0.25) is 0 Å². The lowest BCUT2D eigenvalue weighted by Gasteiger charge is -2.24. The van der Waals surface area contributed by atoms with Gasteiger partial charge in [-0.3, -0.25) is 19.4 Å². The number of rotatable bonds is 0. The molecule has 2 aromatic rings. The normalized spacial score (nSPS) is 24.0. The SMILES string of the molecule is O=C1c2cccc3c2C(=O)c2c(cccc21)OCCN1CCOCCOCCN(CCOCCOCC1)CCO3. The van der Waals surface area contributed by atoms with E-state index in [1.165, 1.54) is 0 Å². The molecule has 0 radical (unpaired) electrons. The van der Waals surface area contributed by atoms with E-state index in [0.29, 0.717) is 139 Å². The molecule has 40 heavy (non-hydrogen) atoms. The van der Waals surface area contributed by atoms with Crippen molar-refractivity contribution in [1.29, 1.82) is 0 Å². The summed E-state index contributed by atoms with van der Waals surface area (Å²) in [4.78, 5) is 31.7. The number of nitrogens with zero attached hydrogens (tertiary/aromatic N) is 2. The van der Waals surface area contributed by atoms with E-state index in [4.69, 9.17) is 28.4 Å². The number of carbonyl (C=O) groups excluding carboxylic acids is 2. The fraction of sp³-hybridized carbons (Fsp3) is 0.533. The molecule has 0 atom stereocenters. The first-order valence-corrected chi connectivity index (χ1v) is 14.1. The van der Waals surface area contributed by atoms with Crippen molar-refractivity contribution in [3.63, 3.8) is 0 Å². The highest BCUT2D eigenvalue weighted by Crippen LogP contribution is 2.37. The lowest BCUT2D eigenvalue weighted by Crippen LogP contribution is -2.36. The van der Waals surface area contributed by atoms with Gasteiger partial charge >= 0.3 is 0 Å². The smallest absolute Gasteiger partial charge is 0.201 e. The van der Waals surface area contributed by atoms with E-state index in [2.05, 4.69) is 9.80 Å². The Morgan fingerprint density at radius 2 is 0.825 bits per heavy atom. The van der Waals surface area contributed by atoms with Gasteiger partial charge in [-0.1, -0.05) is 24.3 Å². The molecule has 0 saturated carbocycles. The number of hydrogen-bond donors (Lipinski definition) is 0. The summed E-state index contributed by atoms with van der Waals surface area (Å²) in [5.74, 6) is 0.344. The molecule has 1 aliphatic carbocycles. The zero-order chi connectivity index (χ0) is 27.6. The summed E-state index contributed by atoms with van der Waals surface area (Å²) in [7, 11) is 0. The van der Waals surface area contributed by atoms with Crippen molar-refractivity contribution in [2.75, 3.05) is 105 Å². The van der Waals surface area contributed by atoms with Gasteiger partial charge < -0.3 is 28.4 Å². The summed E-state index contributed by atoms with van der Waals surface area (Å²) in [5, 5.41) is 0. The van der Waals surface area contributed by atoms with Crippen LogP contribution in [0, 0.1) is 0 Å². The topological polar surface area (TPSA) is 96.0 Å². The van der Waals surface area contributed by atoms with E-state index in [1.807, 2.05) is 0 Å². The second-order valence-electron chi connectivity index (χ2n) is 9.85. The average molecular weight is 555 g/mol. The molecular weight excluding hydrogens is 516 g/mol. The molecule has 0 N–H and O–H groups in total. The highest BCUT2D eigenvalue weighted by molar-refractivity contribution is 6.30. The van der Waals surface area contributed by atoms with Crippen molar-refractivity contribution < 1.29 is 38.0 Å². The molecule has 10 nitrogen and oxygen atoms in total. The molecule has 3 aliphatic heterocycles. The number of hydrogen-bond acceptors (Lipinski definition) is 10. The maximum atomic E-state index is 13.9. The fourth-order valence-corrected chi connectivity index (χ4v) is 5.08. The van der Waals surface area contributed by atoms with Crippen LogP contribution in [0.3, 0.4) is 0 Å². The van der Waals surface area contributed by atoms with Gasteiger partial charge in [0.25, 0.3) is 0 Å². The minimum atomic E-state index is -0.259. The van der Waals surface area contributed by atoms with Gasteiger partial charge in [0, 0.05) is 50.4 Å². The second-order valence-corrected chi connectivity index (χ2v) is 9.85. The number of carbonyl (C=O) groups is 2. The standard InChI is InChI=1S/C30H38N2O8/c33-29-23-3-1-5-25-27(23)30(34)28-24(29)4-2-6-26(28)40-18-12-32-9-15-37-21-19-35-13-7-31(11-17-39-25)8-14-36-20-22-38-16-10-32/h1-6H,7-22H2. The Bertz CT molecular complexity index is 1050. The van der Waals surface area contributed by atoms with Gasteiger partial charge in [-0.15, -0.1) is 0 Å². The van der Waals surface area contributed by atoms with Crippen molar-refractivity contribution in [1.82, 2.24) is 9.80 Å². The van der Waals surface area contributed by atoms with Crippen molar-refractivity contribution in [2.45, 2.75) is 0 Å². The summed E-state index contributed by atoms with van der Waals surface area (Å²) in [6.07, 6.45) is 0. The Kier molecular flexibility index (Phi) is 10.5. The summed E-state index contributed by atoms with van der Waals surface area (Å²) < 4.78 is 35.5. The molecule has 4 bridgehead atoms. The number of benzene rings is 2. The Balaban J connectivity index is 1.44. The highest BCUT2D eigenvalue weighted by atomic mass is 16.5. The Labute approximate surface area is 235 Å². The van der Waals surface area contributed by atoms with Crippen molar-refractivity contribution in [3.05, 3.63) is 58.7 Å². The largest absolute Gasteiger partial charge is 0.491 e. The molecule has 6 rings (SSSR count). The molecule has 1 fully saturated rings. The van der Waals surface area contributed by atoms with E-state index in [9.17, 15) is 9.59 Å². The lowest BCUT2D eigenvalue weighted by atomic mass is 9.83. The zero-order valence-corrected chi connectivity index (χ0v) is 22.9. The predicted octanol–water partition coefficient (Wildman–Crippen LogP) is 1.92. The third-order valence-corrected chi connectivity index (χ3v) is 7.28. The van der Waals surface area contributed by atoms with Crippen LogP contribution >= 0.6 is 0 Å². The molecular formula is C30H38N2O8. The summed E-state index contributed by atoms with van der Waals surface area (Å²) in [6.45, 7) is 9.04. The maximum Gasteiger partial charge on any atom is 0.201 e. The molecule has 0 spiro atoms. The molecule has 10 heteroatoms. The minimum Gasteiger partial charge on any atom is -0.491 e. The van der Waals surface area contributed by atoms with Gasteiger partial charge in [-0.05, 0) is 12.1 Å². The number of ketones is 2. The average Bonchev–Trinajstić information content (AvgIpc) is 2.96. The van der Waals surface area contributed by atoms with Gasteiger partial charge in [0.2, 0.25) is 5.78 Å². The molecule has 4 aliphatic rings. The van der Waals surface area contributed by atoms with E-state index in [1.54, 1.807) is 36.4 Å². The molecule has 2 aromatic carbocycles. The Morgan fingerprint density at radius 3 is 1.23 bits per heavy atom. The van der Waals surface area contributed by atoms with Crippen LogP contribution in [0.25, 0.3) is 0 Å². The van der Waals surface area contributed by atoms with Gasteiger partial charge in [0.05, 0.1) is 64.0 Å². The van der Waals surface area contributed by atoms with E-state index < -0.39 is 0 Å². The molecule has 3 heterocycles. The Hall–Kier alpha value is -2.86. The first-order chi connectivity index (χ1) is 19.7. The second kappa shape index (κ2) is 14.7. The quantitative estimate of drug-likeness (QED) is 0.410. The van der Waals surface area contributed by atoms with Crippen molar-refractivity contribution in [3.8, 4) is 11.5 Å². The summed E-state index contributed by atoms with van der Waals surface area (Å²) in [5.41, 5.74) is 1.30. The fourth-order valence-electron chi connectivity index (χ4n) is 5.08. The van der Waals surface area contributed by atoms with Gasteiger partial charge in [0.15, 0.2) is 5.78 Å². The number of ether oxygens (including phenoxy) is 6. The summed E-state index contributed by atoms with van der Waals surface area (Å²) in [6, 6.07) is 10.4. The Morgan fingerprint density at radius 1 is 0.450 bits per heavy atom. The predicted molar refractivity (Wildman–Crippen MR) is 147 cm³/mol. The van der Waals surface area contributed by atoms with Crippen LogP contribution in [-0.4, -0.2) is 127 Å². The van der Waals surface area contributed by atoms with Crippen molar-refractivity contribution in [2.24, 2.45) is 0 Å². The van der Waals surface area contributed by atoms with E-state index in [-0.39, 0.29) is 11.6 Å². The highest BCUT2D eigenvalue weighted by Gasteiger charge is 2.34. The van der Waals surface area contributed by atoms with Crippen LogP contribution in [0.4, 0.5) is 0 Å². The van der Waals surface area contributed by atoms with Crippen LogP contribution in [0.5, 0.6) is 11.5 Å². The zero-order valence-electron chi connectivity index (χ0n) is 22.9. The summed E-state index contributed by atoms with van der Waals surface area (Å²) >= 11 is 0. The first kappa shape index (κ1) is 28.7. The minimum absolute atomic E-state index is 0.205. The molecule has 1 saturated heterocycles. The molecule has 0 amide bonds. The van der Waals surface area contributed by atoms with Gasteiger partial charge in [-0.25, -0.2) is 0 Å². The first-order valence-electron chi connectivity index (χ1n) is 14.1.